The maximum absolute atomic E-state index is 6.14. The highest BCUT2D eigenvalue weighted by atomic mass is 16.5. The Balaban J connectivity index is 1.26. The lowest BCUT2D eigenvalue weighted by atomic mass is 9.74. The van der Waals surface area contributed by atoms with Crippen molar-refractivity contribution < 1.29 is 4.74 Å². The van der Waals surface area contributed by atoms with E-state index in [2.05, 4.69) is 38.1 Å². The molecule has 0 spiro atoms. The molecule has 0 amide bonds. The first-order valence-corrected chi connectivity index (χ1v) is 16.0. The smallest absolute Gasteiger partial charge is 0.119 e. The van der Waals surface area contributed by atoms with Gasteiger partial charge in [-0.3, -0.25) is 0 Å². The van der Waals surface area contributed by atoms with E-state index in [1.54, 1.807) is 0 Å². The van der Waals surface area contributed by atoms with Gasteiger partial charge in [0, 0.05) is 0 Å². The molecule has 3 rings (SSSR count). The van der Waals surface area contributed by atoms with Gasteiger partial charge in [0.2, 0.25) is 0 Å². The van der Waals surface area contributed by atoms with Crippen LogP contribution in [0.3, 0.4) is 0 Å². The third-order valence-electron chi connectivity index (χ3n) is 9.43. The predicted octanol–water partition coefficient (Wildman–Crippen LogP) is 10.9. The molecule has 200 valence electrons. The van der Waals surface area contributed by atoms with Gasteiger partial charge in [0.1, 0.15) is 5.75 Å². The third kappa shape index (κ3) is 11.3. The summed E-state index contributed by atoms with van der Waals surface area (Å²) in [5.41, 5.74) is 1.50. The summed E-state index contributed by atoms with van der Waals surface area (Å²) >= 11 is 0. The molecule has 0 saturated heterocycles. The summed E-state index contributed by atoms with van der Waals surface area (Å²) in [6, 6.07) is 9.08. The molecule has 1 aromatic carbocycles. The summed E-state index contributed by atoms with van der Waals surface area (Å²) in [6.45, 7) is 5.53. The molecule has 2 unspecified atom stereocenters. The zero-order valence-electron chi connectivity index (χ0n) is 23.6. The van der Waals surface area contributed by atoms with Crippen LogP contribution >= 0.6 is 0 Å². The van der Waals surface area contributed by atoms with E-state index in [4.69, 9.17) is 4.74 Å². The lowest BCUT2D eigenvalue weighted by molar-refractivity contribution is 0.190. The topological polar surface area (TPSA) is 9.23 Å². The summed E-state index contributed by atoms with van der Waals surface area (Å²) in [7, 11) is 0. The Morgan fingerprint density at radius 2 is 1.17 bits per heavy atom. The van der Waals surface area contributed by atoms with Crippen molar-refractivity contribution in [3.8, 4) is 5.75 Å². The highest BCUT2D eigenvalue weighted by Gasteiger charge is 2.24. The molecular weight excluding hydrogens is 424 g/mol. The van der Waals surface area contributed by atoms with Crippen molar-refractivity contribution in [3.05, 3.63) is 29.8 Å². The molecule has 35 heavy (non-hydrogen) atoms. The van der Waals surface area contributed by atoms with Crippen molar-refractivity contribution in [2.45, 2.75) is 149 Å². The number of rotatable bonds is 17. The maximum atomic E-state index is 6.14. The number of ether oxygens (including phenoxy) is 1. The second-order valence-corrected chi connectivity index (χ2v) is 12.2. The molecule has 1 heteroatoms. The molecule has 0 heterocycles. The van der Waals surface area contributed by atoms with Crippen LogP contribution in [0.5, 0.6) is 5.75 Å². The van der Waals surface area contributed by atoms with Gasteiger partial charge < -0.3 is 4.74 Å². The minimum atomic E-state index is 0.888. The molecule has 1 aromatic rings. The van der Waals surface area contributed by atoms with Crippen molar-refractivity contribution in [2.75, 3.05) is 6.61 Å². The molecule has 2 aliphatic carbocycles. The molecule has 1 nitrogen and oxygen atoms in total. The summed E-state index contributed by atoms with van der Waals surface area (Å²) in [6.07, 6.45) is 29.9. The fourth-order valence-corrected chi connectivity index (χ4v) is 7.03. The SMILES string of the molecule is CCCCCCC1CCC(CCc2ccc(OCCCC3CCCCC3CCCCC)cc2)CC1. The van der Waals surface area contributed by atoms with Crippen molar-refractivity contribution in [2.24, 2.45) is 23.7 Å². The molecule has 0 N–H and O–H groups in total. The van der Waals surface area contributed by atoms with Crippen LogP contribution in [0.15, 0.2) is 24.3 Å². The fourth-order valence-electron chi connectivity index (χ4n) is 7.03. The number of aryl methyl sites for hydroxylation is 1. The van der Waals surface area contributed by atoms with E-state index in [9.17, 15) is 0 Å². The van der Waals surface area contributed by atoms with Crippen LogP contribution in [0.4, 0.5) is 0 Å². The number of unbranched alkanes of at least 4 members (excludes halogenated alkanes) is 5. The molecule has 0 aliphatic heterocycles. The molecule has 0 bridgehead atoms. The van der Waals surface area contributed by atoms with Gasteiger partial charge in [-0.05, 0) is 67.1 Å². The zero-order chi connectivity index (χ0) is 24.6. The average Bonchev–Trinajstić information content (AvgIpc) is 2.90. The summed E-state index contributed by atoms with van der Waals surface area (Å²) in [5.74, 6) is 5.02. The van der Waals surface area contributed by atoms with Crippen LogP contribution < -0.4 is 4.74 Å². The number of hydrogen-bond acceptors (Lipinski definition) is 1. The van der Waals surface area contributed by atoms with Crippen LogP contribution in [0.2, 0.25) is 0 Å². The van der Waals surface area contributed by atoms with Gasteiger partial charge >= 0.3 is 0 Å². The first-order valence-electron chi connectivity index (χ1n) is 16.0. The van der Waals surface area contributed by atoms with Gasteiger partial charge in [-0.2, -0.15) is 0 Å². The Labute approximate surface area is 219 Å². The highest BCUT2D eigenvalue weighted by molar-refractivity contribution is 5.27. The van der Waals surface area contributed by atoms with E-state index in [1.807, 2.05) is 0 Å². The van der Waals surface area contributed by atoms with Crippen molar-refractivity contribution >= 4 is 0 Å². The Bertz CT molecular complexity index is 626. The standard InChI is InChI=1S/C34H58O/c1-3-5-7-9-13-29-18-20-30(21-19-29)22-23-31-24-26-34(27-25-31)35-28-12-17-33-16-11-10-15-32(33)14-8-6-4-2/h24-27,29-30,32-33H,3-23,28H2,1-2H3. The van der Waals surface area contributed by atoms with Crippen LogP contribution in [0, 0.1) is 23.7 Å². The Hall–Kier alpha value is -0.980. The summed E-state index contributed by atoms with van der Waals surface area (Å²) < 4.78 is 6.14. The van der Waals surface area contributed by atoms with Gasteiger partial charge in [0.05, 0.1) is 6.61 Å². The summed E-state index contributed by atoms with van der Waals surface area (Å²) in [4.78, 5) is 0. The molecule has 2 saturated carbocycles. The van der Waals surface area contributed by atoms with E-state index in [1.165, 1.54) is 140 Å². The quantitative estimate of drug-likeness (QED) is 0.201. The van der Waals surface area contributed by atoms with E-state index in [0.29, 0.717) is 0 Å². The van der Waals surface area contributed by atoms with Crippen LogP contribution in [-0.2, 0) is 6.42 Å². The molecule has 0 aromatic heterocycles. The second kappa shape index (κ2) is 17.5. The Morgan fingerprint density at radius 1 is 0.600 bits per heavy atom. The van der Waals surface area contributed by atoms with Crippen LogP contribution in [0.1, 0.15) is 148 Å². The molecular formula is C34H58O. The van der Waals surface area contributed by atoms with Crippen LogP contribution in [-0.4, -0.2) is 6.61 Å². The number of benzene rings is 1. The Kier molecular flexibility index (Phi) is 14.3. The first kappa shape index (κ1) is 28.6. The average molecular weight is 483 g/mol. The minimum absolute atomic E-state index is 0.888. The largest absolute Gasteiger partial charge is 0.494 e. The van der Waals surface area contributed by atoms with Gasteiger partial charge in [-0.25, -0.2) is 0 Å². The maximum Gasteiger partial charge on any atom is 0.119 e. The minimum Gasteiger partial charge on any atom is -0.494 e. The second-order valence-electron chi connectivity index (χ2n) is 12.2. The normalized spacial score (nSPS) is 25.0. The lowest BCUT2D eigenvalue weighted by Gasteiger charge is -2.31. The molecule has 0 radical (unpaired) electrons. The summed E-state index contributed by atoms with van der Waals surface area (Å²) in [5, 5.41) is 0. The fraction of sp³-hybridized carbons (Fsp3) is 0.824. The predicted molar refractivity (Wildman–Crippen MR) is 153 cm³/mol. The monoisotopic (exact) mass is 482 g/mol. The van der Waals surface area contributed by atoms with E-state index >= 15 is 0 Å². The Morgan fingerprint density at radius 3 is 1.83 bits per heavy atom. The highest BCUT2D eigenvalue weighted by Crippen LogP contribution is 2.37. The lowest BCUT2D eigenvalue weighted by Crippen LogP contribution is -2.20. The van der Waals surface area contributed by atoms with Gasteiger partial charge in [0.25, 0.3) is 0 Å². The van der Waals surface area contributed by atoms with Crippen molar-refractivity contribution in [1.29, 1.82) is 0 Å². The van der Waals surface area contributed by atoms with Gasteiger partial charge in [-0.15, -0.1) is 0 Å². The molecule has 2 atom stereocenters. The van der Waals surface area contributed by atoms with Crippen molar-refractivity contribution in [3.63, 3.8) is 0 Å². The number of hydrogen-bond donors (Lipinski definition) is 0. The van der Waals surface area contributed by atoms with E-state index in [-0.39, 0.29) is 0 Å². The third-order valence-corrected chi connectivity index (χ3v) is 9.43. The van der Waals surface area contributed by atoms with Crippen molar-refractivity contribution in [1.82, 2.24) is 0 Å². The van der Waals surface area contributed by atoms with Gasteiger partial charge in [-0.1, -0.05) is 135 Å². The van der Waals surface area contributed by atoms with Crippen LogP contribution in [0.25, 0.3) is 0 Å². The molecule has 2 aliphatic rings. The molecule has 2 fully saturated rings. The first-order chi connectivity index (χ1) is 17.3. The van der Waals surface area contributed by atoms with Gasteiger partial charge in [0.15, 0.2) is 0 Å². The van der Waals surface area contributed by atoms with E-state index < -0.39 is 0 Å². The van der Waals surface area contributed by atoms with E-state index in [0.717, 1.165) is 36.0 Å². The zero-order valence-corrected chi connectivity index (χ0v) is 23.6.